The maximum atomic E-state index is 4.10. The van der Waals surface area contributed by atoms with Crippen molar-refractivity contribution in [2.45, 2.75) is 105 Å². The van der Waals surface area contributed by atoms with Crippen molar-refractivity contribution in [1.29, 1.82) is 0 Å². The fraction of sp³-hybridized carbons (Fsp3) is 0.571. The van der Waals surface area contributed by atoms with E-state index in [0.29, 0.717) is 0 Å². The second kappa shape index (κ2) is 25.0. The van der Waals surface area contributed by atoms with Crippen molar-refractivity contribution in [2.24, 2.45) is 0 Å². The zero-order chi connectivity index (χ0) is 26.1. The fourth-order valence-electron chi connectivity index (χ4n) is 3.12. The van der Waals surface area contributed by atoms with Gasteiger partial charge >= 0.3 is 17.1 Å². The molecule has 0 saturated carbocycles. The van der Waals surface area contributed by atoms with Crippen molar-refractivity contribution in [3.05, 3.63) is 72.9 Å². The third-order valence-electron chi connectivity index (χ3n) is 5.29. The molecule has 0 fully saturated rings. The maximum absolute atomic E-state index is 4.10. The van der Waals surface area contributed by atoms with Gasteiger partial charge in [-0.3, -0.25) is 0 Å². The molecule has 37 heavy (non-hydrogen) atoms. The summed E-state index contributed by atoms with van der Waals surface area (Å²) in [7, 11) is 0. The van der Waals surface area contributed by atoms with Crippen molar-refractivity contribution < 1.29 is 17.1 Å². The van der Waals surface area contributed by atoms with Gasteiger partial charge in [0.25, 0.3) is 0 Å². The van der Waals surface area contributed by atoms with Gasteiger partial charge in [-0.25, -0.2) is 19.9 Å². The van der Waals surface area contributed by atoms with Gasteiger partial charge in [-0.15, -0.1) is 0 Å². The van der Waals surface area contributed by atoms with Gasteiger partial charge in [0.2, 0.25) is 0 Å². The number of H-pyrrole nitrogens is 4. The van der Waals surface area contributed by atoms with Crippen LogP contribution in [0.5, 0.6) is 0 Å². The molecule has 4 aromatic heterocycles. The van der Waals surface area contributed by atoms with Crippen molar-refractivity contribution in [1.82, 2.24) is 39.9 Å². The predicted octanol–water partition coefficient (Wildman–Crippen LogP) is 7.01. The van der Waals surface area contributed by atoms with Crippen LogP contribution in [0.2, 0.25) is 0 Å². The van der Waals surface area contributed by atoms with E-state index in [4.69, 9.17) is 0 Å². The number of nitrogens with zero attached hydrogens (tertiary/aromatic N) is 4. The SMILES string of the molecule is CCCCc1ncc[nH]1.CCCCc1ncc[nH]1.CCCCc1ncc[nH]1.CCCCc1ncc[nH]1.[Cu+]. The Kier molecular flexibility index (Phi) is 23.2. The molecule has 4 N–H and O–H groups in total. The number of hydrogen-bond donors (Lipinski definition) is 4. The minimum Gasteiger partial charge on any atom is -0.349 e. The fourth-order valence-corrected chi connectivity index (χ4v) is 3.12. The van der Waals surface area contributed by atoms with E-state index >= 15 is 0 Å². The molecule has 0 aliphatic carbocycles. The molecule has 4 aromatic rings. The van der Waals surface area contributed by atoms with Crippen LogP contribution in [0.4, 0.5) is 0 Å². The molecule has 210 valence electrons. The summed E-state index contributed by atoms with van der Waals surface area (Å²) in [5, 5.41) is 0. The van der Waals surface area contributed by atoms with Crippen LogP contribution in [0, 0.1) is 0 Å². The first kappa shape index (κ1) is 34.4. The van der Waals surface area contributed by atoms with E-state index in [1.54, 1.807) is 24.8 Å². The molecule has 0 unspecified atom stereocenters. The summed E-state index contributed by atoms with van der Waals surface area (Å²) in [5.74, 6) is 4.43. The van der Waals surface area contributed by atoms with Crippen LogP contribution in [0.1, 0.15) is 102 Å². The van der Waals surface area contributed by atoms with Gasteiger partial charge in [0.15, 0.2) is 0 Å². The smallest absolute Gasteiger partial charge is 0.349 e. The molecule has 0 atom stereocenters. The van der Waals surface area contributed by atoms with Crippen LogP contribution in [0.15, 0.2) is 49.6 Å². The number of aryl methyl sites for hydroxylation is 4. The van der Waals surface area contributed by atoms with Gasteiger partial charge in [0.1, 0.15) is 23.3 Å². The largest absolute Gasteiger partial charge is 1.00 e. The Hall–Kier alpha value is -2.64. The molecular weight excluding hydrogens is 512 g/mol. The van der Waals surface area contributed by atoms with E-state index < -0.39 is 0 Å². The first-order valence-electron chi connectivity index (χ1n) is 13.7. The zero-order valence-corrected chi connectivity index (χ0v) is 24.1. The third-order valence-corrected chi connectivity index (χ3v) is 5.29. The van der Waals surface area contributed by atoms with E-state index in [1.165, 1.54) is 51.4 Å². The number of unbranched alkanes of at least 4 members (excludes halogenated alkanes) is 4. The topological polar surface area (TPSA) is 115 Å². The Morgan fingerprint density at radius 1 is 0.432 bits per heavy atom. The number of hydrogen-bond acceptors (Lipinski definition) is 4. The predicted molar refractivity (Wildman–Crippen MR) is 149 cm³/mol. The Morgan fingerprint density at radius 3 is 0.784 bits per heavy atom. The average Bonchev–Trinajstić information content (AvgIpc) is 3.74. The first-order valence-corrected chi connectivity index (χ1v) is 13.7. The Balaban J connectivity index is 0.000000463. The quantitative estimate of drug-likeness (QED) is 0.140. The van der Waals surface area contributed by atoms with Crippen LogP contribution in [-0.4, -0.2) is 39.9 Å². The van der Waals surface area contributed by atoms with Crippen LogP contribution >= 0.6 is 0 Å². The van der Waals surface area contributed by atoms with E-state index in [1.807, 2.05) is 24.8 Å². The van der Waals surface area contributed by atoms with Crippen molar-refractivity contribution in [2.75, 3.05) is 0 Å². The molecule has 4 rings (SSSR count). The van der Waals surface area contributed by atoms with E-state index in [2.05, 4.69) is 67.6 Å². The molecule has 0 bridgehead atoms. The van der Waals surface area contributed by atoms with Crippen LogP contribution in [0.3, 0.4) is 0 Å². The number of aromatic amines is 4. The molecule has 9 heteroatoms. The Morgan fingerprint density at radius 2 is 0.649 bits per heavy atom. The summed E-state index contributed by atoms with van der Waals surface area (Å²) >= 11 is 0. The van der Waals surface area contributed by atoms with Crippen LogP contribution in [-0.2, 0) is 42.8 Å². The average molecular weight is 560 g/mol. The zero-order valence-electron chi connectivity index (χ0n) is 23.2. The molecule has 8 nitrogen and oxygen atoms in total. The summed E-state index contributed by atoms with van der Waals surface area (Å²) in [6.07, 6.45) is 28.9. The molecule has 0 amide bonds. The minimum atomic E-state index is 0. The maximum Gasteiger partial charge on any atom is 1.00 e. The summed E-state index contributed by atoms with van der Waals surface area (Å²) in [5.41, 5.74) is 0. The molecule has 0 radical (unpaired) electrons. The second-order valence-corrected chi connectivity index (χ2v) is 8.56. The molecule has 0 spiro atoms. The Labute approximate surface area is 234 Å². The molecule has 0 saturated heterocycles. The van der Waals surface area contributed by atoms with Crippen molar-refractivity contribution >= 4 is 0 Å². The van der Waals surface area contributed by atoms with Crippen molar-refractivity contribution in [3.63, 3.8) is 0 Å². The van der Waals surface area contributed by atoms with Gasteiger partial charge < -0.3 is 19.9 Å². The minimum absolute atomic E-state index is 0. The summed E-state index contributed by atoms with van der Waals surface area (Å²) in [6, 6.07) is 0. The van der Waals surface area contributed by atoms with Gasteiger partial charge in [-0.05, 0) is 25.7 Å². The third kappa shape index (κ3) is 19.2. The first-order chi connectivity index (χ1) is 17.7. The van der Waals surface area contributed by atoms with Gasteiger partial charge in [0, 0.05) is 75.3 Å². The number of imidazole rings is 4. The van der Waals surface area contributed by atoms with E-state index in [0.717, 1.165) is 49.0 Å². The normalized spacial score (nSPS) is 9.62. The van der Waals surface area contributed by atoms with Crippen LogP contribution < -0.4 is 0 Å². The number of aromatic nitrogens is 8. The summed E-state index contributed by atoms with van der Waals surface area (Å²) < 4.78 is 0. The van der Waals surface area contributed by atoms with Crippen molar-refractivity contribution in [3.8, 4) is 0 Å². The molecular formula is C28H48CuN8+. The van der Waals surface area contributed by atoms with Gasteiger partial charge in [-0.1, -0.05) is 53.4 Å². The summed E-state index contributed by atoms with van der Waals surface area (Å²) in [4.78, 5) is 28.6. The summed E-state index contributed by atoms with van der Waals surface area (Å²) in [6.45, 7) is 8.73. The molecule has 0 aliphatic heterocycles. The molecule has 0 aliphatic rings. The van der Waals surface area contributed by atoms with Crippen LogP contribution in [0.25, 0.3) is 0 Å². The molecule has 4 heterocycles. The Bertz CT molecular complexity index is 735. The molecule has 0 aromatic carbocycles. The number of nitrogens with one attached hydrogen (secondary N) is 4. The monoisotopic (exact) mass is 559 g/mol. The van der Waals surface area contributed by atoms with Gasteiger partial charge in [-0.2, -0.15) is 0 Å². The standard InChI is InChI=1S/4C7H12N2.Cu/c4*1-2-3-4-7-8-5-6-9-7;/h4*5-6H,2-4H2,1H3,(H,8,9);/q;;;;+1. The van der Waals surface area contributed by atoms with Gasteiger partial charge in [0.05, 0.1) is 0 Å². The second-order valence-electron chi connectivity index (χ2n) is 8.56. The van der Waals surface area contributed by atoms with E-state index in [9.17, 15) is 0 Å². The number of rotatable bonds is 12. The van der Waals surface area contributed by atoms with E-state index in [-0.39, 0.29) is 17.1 Å².